The SMILES string of the molecule is COc1ccccc1CCNC(=O)[C@]1(Cc2ccccc2Br)N=C(c2ccc(OCCCO)cc2)O[C@@H]1c1ccccc1N=[N+]=[N-]. The number of rotatable bonds is 14. The van der Waals surface area contributed by atoms with Crippen LogP contribution >= 0.6 is 15.9 Å². The number of aliphatic imine (C=N–C) groups is 1. The number of methoxy groups -OCH3 is 1. The second-order valence-corrected chi connectivity index (χ2v) is 11.5. The van der Waals surface area contributed by atoms with Crippen LogP contribution in [0, 0.1) is 0 Å². The largest absolute Gasteiger partial charge is 0.496 e. The van der Waals surface area contributed by atoms with E-state index in [1.807, 2.05) is 66.7 Å². The zero-order valence-electron chi connectivity index (χ0n) is 25.3. The summed E-state index contributed by atoms with van der Waals surface area (Å²) in [7, 11) is 1.62. The molecule has 46 heavy (non-hydrogen) atoms. The molecule has 4 aromatic carbocycles. The molecule has 0 aliphatic carbocycles. The average Bonchev–Trinajstić information content (AvgIpc) is 3.47. The van der Waals surface area contributed by atoms with E-state index in [1.165, 1.54) is 0 Å². The molecule has 5 rings (SSSR count). The van der Waals surface area contributed by atoms with Crippen molar-refractivity contribution in [3.05, 3.63) is 134 Å². The van der Waals surface area contributed by atoms with E-state index in [1.54, 1.807) is 37.4 Å². The van der Waals surface area contributed by atoms with Crippen LogP contribution in [0.25, 0.3) is 10.4 Å². The molecule has 236 valence electrons. The predicted molar refractivity (Wildman–Crippen MR) is 180 cm³/mol. The van der Waals surface area contributed by atoms with Crippen LogP contribution in [-0.2, 0) is 22.4 Å². The molecule has 2 N–H and O–H groups in total. The summed E-state index contributed by atoms with van der Waals surface area (Å²) >= 11 is 3.65. The van der Waals surface area contributed by atoms with E-state index in [9.17, 15) is 10.3 Å². The average molecular weight is 685 g/mol. The lowest BCUT2D eigenvalue weighted by Gasteiger charge is -2.31. The van der Waals surface area contributed by atoms with E-state index in [0.29, 0.717) is 48.6 Å². The van der Waals surface area contributed by atoms with Gasteiger partial charge >= 0.3 is 0 Å². The van der Waals surface area contributed by atoms with Crippen molar-refractivity contribution in [3.8, 4) is 11.5 Å². The van der Waals surface area contributed by atoms with Gasteiger partial charge in [-0.25, -0.2) is 4.99 Å². The zero-order chi connectivity index (χ0) is 32.4. The van der Waals surface area contributed by atoms with Crippen molar-refractivity contribution in [1.82, 2.24) is 5.32 Å². The van der Waals surface area contributed by atoms with Gasteiger partial charge in [0.05, 0.1) is 13.7 Å². The van der Waals surface area contributed by atoms with Crippen LogP contribution in [0.4, 0.5) is 5.69 Å². The molecule has 0 radical (unpaired) electrons. The number of amides is 1. The zero-order valence-corrected chi connectivity index (χ0v) is 26.9. The minimum absolute atomic E-state index is 0.0437. The third kappa shape index (κ3) is 7.34. The normalized spacial score (nSPS) is 16.9. The molecule has 1 aliphatic heterocycles. The number of hydrogen-bond donors (Lipinski definition) is 2. The van der Waals surface area contributed by atoms with Gasteiger partial charge in [0.15, 0.2) is 11.6 Å². The molecule has 1 amide bonds. The standard InChI is InChI=1S/C35H34BrN5O5/c1-44-31-14-7-3-9-24(31)19-20-38-34(43)35(23-26-10-2-5-12-29(26)36)32(28-11-4-6-13-30(28)40-41-37)46-33(39-35)25-15-17-27(18-16-25)45-22-8-21-42/h2-7,9-18,32,42H,8,19-23H2,1H3,(H,38,43)/t32-,35-/m1/s1. The molecule has 2 atom stereocenters. The number of hydrogen-bond acceptors (Lipinski definition) is 7. The van der Waals surface area contributed by atoms with E-state index >= 15 is 0 Å². The number of carbonyl (C=O) groups excluding carboxylic acids is 1. The van der Waals surface area contributed by atoms with Gasteiger partial charge in [0.2, 0.25) is 5.90 Å². The number of benzene rings is 4. The van der Waals surface area contributed by atoms with Crippen molar-refractivity contribution in [2.24, 2.45) is 10.1 Å². The topological polar surface area (TPSA) is 138 Å². The summed E-state index contributed by atoms with van der Waals surface area (Å²) in [6.45, 7) is 0.754. The summed E-state index contributed by atoms with van der Waals surface area (Å²) in [4.78, 5) is 22.7. The summed E-state index contributed by atoms with van der Waals surface area (Å²) in [5.41, 5.74) is 11.2. The summed E-state index contributed by atoms with van der Waals surface area (Å²) < 4.78 is 18.6. The van der Waals surface area contributed by atoms with Crippen molar-refractivity contribution in [1.29, 1.82) is 0 Å². The molecular weight excluding hydrogens is 650 g/mol. The van der Waals surface area contributed by atoms with Gasteiger partial charge in [-0.3, -0.25) is 4.79 Å². The summed E-state index contributed by atoms with van der Waals surface area (Å²) in [5, 5.41) is 16.1. The first-order chi connectivity index (χ1) is 22.5. The van der Waals surface area contributed by atoms with E-state index in [-0.39, 0.29) is 24.8 Å². The van der Waals surface area contributed by atoms with Gasteiger partial charge in [-0.15, -0.1) is 0 Å². The number of carbonyl (C=O) groups is 1. The Morgan fingerprint density at radius 2 is 1.76 bits per heavy atom. The Hall–Kier alpha value is -4.83. The molecule has 11 heteroatoms. The van der Waals surface area contributed by atoms with Crippen LogP contribution in [-0.4, -0.2) is 49.3 Å². The Bertz CT molecular complexity index is 1740. The summed E-state index contributed by atoms with van der Waals surface area (Å²) in [6.07, 6.45) is 0.322. The van der Waals surface area contributed by atoms with Crippen LogP contribution < -0.4 is 14.8 Å². The number of ether oxygens (including phenoxy) is 3. The molecule has 10 nitrogen and oxygen atoms in total. The lowest BCUT2D eigenvalue weighted by Crippen LogP contribution is -2.50. The van der Waals surface area contributed by atoms with Crippen LogP contribution in [0.2, 0.25) is 0 Å². The number of nitrogens with one attached hydrogen (secondary N) is 1. The van der Waals surface area contributed by atoms with Crippen molar-refractivity contribution in [2.45, 2.75) is 30.9 Å². The molecule has 0 bridgehead atoms. The minimum atomic E-state index is -1.47. The smallest absolute Gasteiger partial charge is 0.252 e. The van der Waals surface area contributed by atoms with Gasteiger partial charge in [-0.05, 0) is 59.5 Å². The maximum Gasteiger partial charge on any atom is 0.252 e. The molecule has 1 aliphatic rings. The van der Waals surface area contributed by atoms with Gasteiger partial charge in [-0.2, -0.15) is 0 Å². The van der Waals surface area contributed by atoms with Gasteiger partial charge in [-0.1, -0.05) is 81.7 Å². The molecule has 0 unspecified atom stereocenters. The third-order valence-electron chi connectivity index (χ3n) is 7.69. The molecule has 1 heterocycles. The number of para-hydroxylation sites is 1. The van der Waals surface area contributed by atoms with Gasteiger partial charge in [0.25, 0.3) is 5.91 Å². The van der Waals surface area contributed by atoms with Crippen molar-refractivity contribution >= 4 is 33.4 Å². The van der Waals surface area contributed by atoms with E-state index in [4.69, 9.17) is 24.3 Å². The maximum atomic E-state index is 14.6. The van der Waals surface area contributed by atoms with Gasteiger partial charge in [0.1, 0.15) is 11.5 Å². The molecule has 4 aromatic rings. The van der Waals surface area contributed by atoms with Gasteiger partial charge < -0.3 is 24.6 Å². The highest BCUT2D eigenvalue weighted by Crippen LogP contribution is 2.46. The van der Waals surface area contributed by atoms with E-state index in [0.717, 1.165) is 21.3 Å². The highest BCUT2D eigenvalue weighted by atomic mass is 79.9. The monoisotopic (exact) mass is 683 g/mol. The Labute approximate surface area is 275 Å². The molecular formula is C35H34BrN5O5. The quantitative estimate of drug-likeness (QED) is 0.0637. The number of aliphatic hydroxyl groups excluding tert-OH is 1. The molecule has 0 aromatic heterocycles. The van der Waals surface area contributed by atoms with E-state index < -0.39 is 11.6 Å². The Balaban J connectivity index is 1.57. The van der Waals surface area contributed by atoms with Crippen LogP contribution in [0.3, 0.4) is 0 Å². The Morgan fingerprint density at radius 3 is 2.50 bits per heavy atom. The first-order valence-electron chi connectivity index (χ1n) is 14.9. The second-order valence-electron chi connectivity index (χ2n) is 10.6. The fourth-order valence-corrected chi connectivity index (χ4v) is 5.84. The van der Waals surface area contributed by atoms with E-state index in [2.05, 4.69) is 31.3 Å². The molecule has 0 fully saturated rings. The molecule has 0 saturated heterocycles. The lowest BCUT2D eigenvalue weighted by atomic mass is 9.81. The Morgan fingerprint density at radius 1 is 1.04 bits per heavy atom. The number of aliphatic hydroxyl groups is 1. The number of azide groups is 1. The number of nitrogens with zero attached hydrogens (tertiary/aromatic N) is 4. The molecule has 0 spiro atoms. The van der Waals surface area contributed by atoms with Gasteiger partial charge in [0, 0.05) is 52.2 Å². The molecule has 0 saturated carbocycles. The van der Waals surface area contributed by atoms with Crippen molar-refractivity contribution in [2.75, 3.05) is 26.9 Å². The highest BCUT2D eigenvalue weighted by molar-refractivity contribution is 9.10. The fourth-order valence-electron chi connectivity index (χ4n) is 5.41. The first-order valence-corrected chi connectivity index (χ1v) is 15.7. The lowest BCUT2D eigenvalue weighted by molar-refractivity contribution is -0.128. The Kier molecular flexibility index (Phi) is 10.9. The first kappa shape index (κ1) is 32.6. The predicted octanol–water partition coefficient (Wildman–Crippen LogP) is 7.02. The van der Waals surface area contributed by atoms with Crippen LogP contribution in [0.15, 0.2) is 112 Å². The maximum absolute atomic E-state index is 14.6. The van der Waals surface area contributed by atoms with Crippen molar-refractivity contribution < 1.29 is 24.1 Å². The third-order valence-corrected chi connectivity index (χ3v) is 8.47. The summed E-state index contributed by atoms with van der Waals surface area (Å²) in [5.74, 6) is 1.32. The van der Waals surface area contributed by atoms with Crippen LogP contribution in [0.1, 0.15) is 34.8 Å². The van der Waals surface area contributed by atoms with Crippen LogP contribution in [0.5, 0.6) is 11.5 Å². The summed E-state index contributed by atoms with van der Waals surface area (Å²) in [6, 6.07) is 29.7. The second kappa shape index (κ2) is 15.4. The fraction of sp³-hybridized carbons (Fsp3) is 0.257. The van der Waals surface area contributed by atoms with Crippen molar-refractivity contribution in [3.63, 3.8) is 0 Å². The number of halogens is 1. The minimum Gasteiger partial charge on any atom is -0.496 e. The highest BCUT2D eigenvalue weighted by Gasteiger charge is 2.54.